The molecule has 0 fully saturated rings. The second kappa shape index (κ2) is 10.7. The third-order valence-electron chi connectivity index (χ3n) is 10.1. The highest BCUT2D eigenvalue weighted by atomic mass is 15.2. The maximum atomic E-state index is 5.23. The number of hydrogen-bond acceptors (Lipinski definition) is 3. The van der Waals surface area contributed by atoms with Crippen molar-refractivity contribution in [3.8, 4) is 34.0 Å². The van der Waals surface area contributed by atoms with E-state index in [0.717, 1.165) is 88.6 Å². The van der Waals surface area contributed by atoms with Gasteiger partial charge in [-0.2, -0.15) is 0 Å². The molecular weight excluding hydrogens is 625 g/mol. The lowest BCUT2D eigenvalue weighted by Gasteiger charge is -2.11. The van der Waals surface area contributed by atoms with Gasteiger partial charge in [-0.25, -0.2) is 15.0 Å². The summed E-state index contributed by atoms with van der Waals surface area (Å²) < 4.78 is 6.71. The molecule has 0 radical (unpaired) electrons. The van der Waals surface area contributed by atoms with E-state index in [1.807, 2.05) is 24.3 Å². The lowest BCUT2D eigenvalue weighted by Crippen LogP contribution is -2.03. The number of imidazole rings is 2. The summed E-state index contributed by atoms with van der Waals surface area (Å²) in [5.41, 5.74) is 12.7. The van der Waals surface area contributed by atoms with Gasteiger partial charge in [-0.3, -0.25) is 13.5 Å². The van der Waals surface area contributed by atoms with E-state index in [2.05, 4.69) is 159 Å². The van der Waals surface area contributed by atoms with Gasteiger partial charge < -0.3 is 0 Å². The molecule has 0 aliphatic rings. The van der Waals surface area contributed by atoms with Gasteiger partial charge in [0, 0.05) is 27.4 Å². The predicted molar refractivity (Wildman–Crippen MR) is 208 cm³/mol. The molecule has 4 aromatic heterocycles. The van der Waals surface area contributed by atoms with E-state index >= 15 is 0 Å². The third kappa shape index (κ3) is 4.14. The summed E-state index contributed by atoms with van der Waals surface area (Å²) in [6.07, 6.45) is 0. The summed E-state index contributed by atoms with van der Waals surface area (Å²) in [5.74, 6) is 1.56. The van der Waals surface area contributed by atoms with Crippen molar-refractivity contribution in [2.45, 2.75) is 0 Å². The second-order valence-electron chi connectivity index (χ2n) is 13.0. The molecule has 4 heterocycles. The van der Waals surface area contributed by atoms with Gasteiger partial charge in [0.15, 0.2) is 0 Å². The smallest absolute Gasteiger partial charge is 0.235 e. The fourth-order valence-electron chi connectivity index (χ4n) is 7.76. The molecule has 6 nitrogen and oxygen atoms in total. The predicted octanol–water partition coefficient (Wildman–Crippen LogP) is 10.8. The van der Waals surface area contributed by atoms with Crippen LogP contribution in [0.1, 0.15) is 0 Å². The summed E-state index contributed by atoms with van der Waals surface area (Å²) in [5, 5.41) is 3.34. The largest absolute Gasteiger partial charge is 0.278 e. The van der Waals surface area contributed by atoms with Gasteiger partial charge in [0.25, 0.3) is 0 Å². The number of fused-ring (bicyclic) bond motifs is 9. The first kappa shape index (κ1) is 27.9. The lowest BCUT2D eigenvalue weighted by molar-refractivity contribution is 1.01. The van der Waals surface area contributed by atoms with Crippen LogP contribution < -0.4 is 0 Å². The zero-order valence-corrected chi connectivity index (χ0v) is 27.3. The molecule has 0 saturated heterocycles. The van der Waals surface area contributed by atoms with E-state index in [-0.39, 0.29) is 0 Å². The van der Waals surface area contributed by atoms with Crippen molar-refractivity contribution in [1.29, 1.82) is 0 Å². The van der Waals surface area contributed by atoms with Crippen LogP contribution in [0.4, 0.5) is 0 Å². The first-order valence-electron chi connectivity index (χ1n) is 17.1. The molecule has 0 saturated carbocycles. The number of aromatic nitrogens is 6. The van der Waals surface area contributed by atoms with E-state index < -0.39 is 0 Å². The van der Waals surface area contributed by atoms with Crippen LogP contribution >= 0.6 is 0 Å². The summed E-state index contributed by atoms with van der Waals surface area (Å²) in [7, 11) is 0. The molecule has 0 unspecified atom stereocenters. The second-order valence-corrected chi connectivity index (χ2v) is 13.0. The maximum Gasteiger partial charge on any atom is 0.235 e. The Bertz CT molecular complexity index is 3130. The highest BCUT2D eigenvalue weighted by Gasteiger charge is 2.20. The zero-order chi connectivity index (χ0) is 33.5. The Labute approximate surface area is 292 Å². The quantitative estimate of drug-likeness (QED) is 0.190. The molecular formula is C45H28N6. The van der Waals surface area contributed by atoms with E-state index in [9.17, 15) is 0 Å². The number of nitrogens with zero attached hydrogens (tertiary/aromatic N) is 6. The Morgan fingerprint density at radius 3 is 1.80 bits per heavy atom. The van der Waals surface area contributed by atoms with Gasteiger partial charge in [0.1, 0.15) is 0 Å². The topological polar surface area (TPSA) is 52.9 Å². The van der Waals surface area contributed by atoms with Crippen LogP contribution in [0, 0.1) is 0 Å². The van der Waals surface area contributed by atoms with Gasteiger partial charge in [-0.15, -0.1) is 0 Å². The number of benzene rings is 7. The van der Waals surface area contributed by atoms with Gasteiger partial charge >= 0.3 is 0 Å². The third-order valence-corrected chi connectivity index (χ3v) is 10.1. The van der Waals surface area contributed by atoms with Crippen molar-refractivity contribution in [3.63, 3.8) is 0 Å². The minimum absolute atomic E-state index is 0.656. The summed E-state index contributed by atoms with van der Waals surface area (Å²) in [6.45, 7) is 0. The van der Waals surface area contributed by atoms with Crippen molar-refractivity contribution >= 4 is 60.6 Å². The molecule has 0 atom stereocenters. The maximum absolute atomic E-state index is 5.23. The molecule has 0 amide bonds. The molecule has 238 valence electrons. The van der Waals surface area contributed by atoms with Crippen molar-refractivity contribution in [1.82, 2.24) is 28.5 Å². The first-order valence-corrected chi connectivity index (χ1v) is 17.1. The minimum Gasteiger partial charge on any atom is -0.278 e. The normalized spacial score (nSPS) is 11.9. The molecule has 0 bridgehead atoms. The van der Waals surface area contributed by atoms with Crippen molar-refractivity contribution in [2.75, 3.05) is 0 Å². The van der Waals surface area contributed by atoms with E-state index in [1.165, 1.54) is 0 Å². The molecule has 0 spiro atoms. The minimum atomic E-state index is 0.656. The van der Waals surface area contributed by atoms with Crippen molar-refractivity contribution < 1.29 is 0 Å². The standard InChI is InChI=1S/C45H28N6/c1-3-13-29(14-4-1)43-34-18-7-9-19-36(34)46-44(48-43)50-38-20-10-8-17-33(38)35-27-30(23-25-39(35)50)31-24-26-40-37(28-31)47-45-49(32-15-5-2-6-16-32)41-21-11-12-22-42(41)51(40)45/h1-28H. The first-order chi connectivity index (χ1) is 25.3. The Balaban J connectivity index is 1.10. The fourth-order valence-corrected chi connectivity index (χ4v) is 7.76. The summed E-state index contributed by atoms with van der Waals surface area (Å²) in [6, 6.07) is 59.5. The van der Waals surface area contributed by atoms with E-state index in [4.69, 9.17) is 15.0 Å². The highest BCUT2D eigenvalue weighted by Crippen LogP contribution is 2.37. The average Bonchev–Trinajstić information content (AvgIpc) is 3.84. The Hall–Kier alpha value is -7.05. The average molecular weight is 653 g/mol. The molecule has 6 heteroatoms. The van der Waals surface area contributed by atoms with Crippen LogP contribution in [-0.4, -0.2) is 28.5 Å². The SMILES string of the molecule is c1ccc(-c2nc(-n3c4ccccc4c4cc(-c5ccc6c(c5)nc5n(-c7ccccc7)c7ccccc7n65)ccc43)nc3ccccc23)cc1. The molecule has 0 N–H and O–H groups in total. The number of para-hydroxylation sites is 5. The Kier molecular flexibility index (Phi) is 5.86. The van der Waals surface area contributed by atoms with Crippen LogP contribution in [-0.2, 0) is 0 Å². The molecule has 7 aromatic carbocycles. The fraction of sp³-hybridized carbons (Fsp3) is 0. The van der Waals surface area contributed by atoms with Crippen LogP contribution in [0.3, 0.4) is 0 Å². The highest BCUT2D eigenvalue weighted by molar-refractivity contribution is 6.10. The monoisotopic (exact) mass is 652 g/mol. The Morgan fingerprint density at radius 2 is 0.980 bits per heavy atom. The molecule has 0 aliphatic heterocycles. The number of hydrogen-bond donors (Lipinski definition) is 0. The van der Waals surface area contributed by atoms with Gasteiger partial charge in [0.05, 0.1) is 44.3 Å². The van der Waals surface area contributed by atoms with Gasteiger partial charge in [-0.05, 0) is 71.8 Å². The van der Waals surface area contributed by atoms with Crippen LogP contribution in [0.25, 0.3) is 94.6 Å². The van der Waals surface area contributed by atoms with Crippen LogP contribution in [0.2, 0.25) is 0 Å². The van der Waals surface area contributed by atoms with Gasteiger partial charge in [-0.1, -0.05) is 109 Å². The Morgan fingerprint density at radius 1 is 0.353 bits per heavy atom. The number of rotatable bonds is 4. The zero-order valence-electron chi connectivity index (χ0n) is 27.3. The van der Waals surface area contributed by atoms with Crippen molar-refractivity contribution in [2.24, 2.45) is 0 Å². The van der Waals surface area contributed by atoms with Crippen molar-refractivity contribution in [3.05, 3.63) is 170 Å². The van der Waals surface area contributed by atoms with Gasteiger partial charge in [0.2, 0.25) is 11.7 Å². The lowest BCUT2D eigenvalue weighted by atomic mass is 10.0. The summed E-state index contributed by atoms with van der Waals surface area (Å²) >= 11 is 0. The molecule has 11 rings (SSSR count). The van der Waals surface area contributed by atoms with Crippen LogP contribution in [0.15, 0.2) is 170 Å². The molecule has 0 aliphatic carbocycles. The molecule has 11 aromatic rings. The molecule has 51 heavy (non-hydrogen) atoms. The van der Waals surface area contributed by atoms with Crippen LogP contribution in [0.5, 0.6) is 0 Å². The van der Waals surface area contributed by atoms with E-state index in [1.54, 1.807) is 0 Å². The van der Waals surface area contributed by atoms with E-state index in [0.29, 0.717) is 5.95 Å². The summed E-state index contributed by atoms with van der Waals surface area (Å²) in [4.78, 5) is 15.6.